The first-order chi connectivity index (χ1) is 17.2. The van der Waals surface area contributed by atoms with Crippen LogP contribution in [0.25, 0.3) is 0 Å². The van der Waals surface area contributed by atoms with Gasteiger partial charge in [-0.25, -0.2) is 5.43 Å². The number of methoxy groups -OCH3 is 1. The molecule has 0 saturated heterocycles. The first kappa shape index (κ1) is 26.7. The van der Waals surface area contributed by atoms with E-state index in [1.54, 1.807) is 12.1 Å². The van der Waals surface area contributed by atoms with E-state index in [1.165, 1.54) is 49.7 Å². The number of nitrogens with zero attached hydrogens (tertiary/aromatic N) is 2. The van der Waals surface area contributed by atoms with Gasteiger partial charge in [0.05, 0.1) is 33.3 Å². The van der Waals surface area contributed by atoms with Crippen molar-refractivity contribution in [3.05, 3.63) is 90.9 Å². The molecule has 0 saturated carbocycles. The second-order valence-electron chi connectivity index (χ2n) is 7.01. The fraction of sp³-hybridized carbons (Fsp3) is 0.0870. The monoisotopic (exact) mass is 550 g/mol. The van der Waals surface area contributed by atoms with Gasteiger partial charge in [-0.2, -0.15) is 5.10 Å². The summed E-state index contributed by atoms with van der Waals surface area (Å²) >= 11 is 18.1. The van der Waals surface area contributed by atoms with Crippen molar-refractivity contribution in [2.45, 2.75) is 0 Å². The van der Waals surface area contributed by atoms with Gasteiger partial charge in [0.1, 0.15) is 0 Å². The van der Waals surface area contributed by atoms with E-state index in [9.17, 15) is 19.7 Å². The molecule has 0 fully saturated rings. The number of non-ortho nitro benzene ring substituents is 1. The summed E-state index contributed by atoms with van der Waals surface area (Å²) in [4.78, 5) is 34.7. The minimum atomic E-state index is -0.638. The van der Waals surface area contributed by atoms with Gasteiger partial charge >= 0.3 is 0 Å². The van der Waals surface area contributed by atoms with Gasteiger partial charge in [-0.05, 0) is 42.0 Å². The summed E-state index contributed by atoms with van der Waals surface area (Å²) in [7, 11) is 1.39. The molecule has 3 rings (SSSR count). The molecule has 10 nitrogen and oxygen atoms in total. The zero-order valence-electron chi connectivity index (χ0n) is 18.5. The van der Waals surface area contributed by atoms with Crippen molar-refractivity contribution in [3.8, 4) is 11.5 Å². The zero-order valence-corrected chi connectivity index (χ0v) is 20.7. The molecule has 2 amide bonds. The Kier molecular flexibility index (Phi) is 9.07. The van der Waals surface area contributed by atoms with Crippen LogP contribution in [0.15, 0.2) is 59.7 Å². The number of nitro benzene ring substituents is 1. The fourth-order valence-corrected chi connectivity index (χ4v) is 3.43. The van der Waals surface area contributed by atoms with Crippen molar-refractivity contribution in [3.63, 3.8) is 0 Å². The Morgan fingerprint density at radius 2 is 1.83 bits per heavy atom. The average Bonchev–Trinajstić information content (AvgIpc) is 2.85. The van der Waals surface area contributed by atoms with Crippen LogP contribution in [-0.4, -0.2) is 36.7 Å². The van der Waals surface area contributed by atoms with Crippen molar-refractivity contribution >= 4 is 64.2 Å². The number of benzene rings is 3. The molecule has 186 valence electrons. The number of hydrogen-bond acceptors (Lipinski definition) is 7. The number of anilines is 1. The summed E-state index contributed by atoms with van der Waals surface area (Å²) in [5.74, 6) is -0.764. The van der Waals surface area contributed by atoms with Crippen molar-refractivity contribution in [1.29, 1.82) is 0 Å². The number of ether oxygens (including phenoxy) is 2. The largest absolute Gasteiger partial charge is 0.493 e. The molecule has 0 aliphatic rings. The molecular weight excluding hydrogens is 535 g/mol. The van der Waals surface area contributed by atoms with Crippen molar-refractivity contribution in [2.75, 3.05) is 19.0 Å². The van der Waals surface area contributed by atoms with Crippen LogP contribution in [0.3, 0.4) is 0 Å². The first-order valence-electron chi connectivity index (χ1n) is 10.0. The predicted octanol–water partition coefficient (Wildman–Crippen LogP) is 5.35. The standard InChI is InChI=1S/C23H17Cl3N4O6/c1-35-20-8-13(11-27-29-23(32)14-3-2-4-16(9-14)30(33)34)7-19(26)22(20)36-12-21(31)28-15-5-6-17(24)18(25)10-15/h2-11H,12H2,1H3,(H,28,31)(H,29,32)/b27-11+. The molecule has 2 N–H and O–H groups in total. The lowest BCUT2D eigenvalue weighted by atomic mass is 10.2. The maximum absolute atomic E-state index is 12.2. The van der Waals surface area contributed by atoms with E-state index in [2.05, 4.69) is 15.8 Å². The Hall–Kier alpha value is -3.86. The Labute approximate surface area is 219 Å². The van der Waals surface area contributed by atoms with Gasteiger partial charge in [-0.3, -0.25) is 19.7 Å². The van der Waals surface area contributed by atoms with E-state index in [1.807, 2.05) is 0 Å². The molecule has 0 bridgehead atoms. The minimum absolute atomic E-state index is 0.0693. The topological polar surface area (TPSA) is 132 Å². The molecule has 0 aliphatic heterocycles. The van der Waals surface area contributed by atoms with E-state index in [-0.39, 0.29) is 34.4 Å². The molecule has 36 heavy (non-hydrogen) atoms. The number of amides is 2. The predicted molar refractivity (Wildman–Crippen MR) is 137 cm³/mol. The van der Waals surface area contributed by atoms with Gasteiger partial charge in [0.2, 0.25) is 0 Å². The van der Waals surface area contributed by atoms with Crippen LogP contribution in [0.2, 0.25) is 15.1 Å². The summed E-state index contributed by atoms with van der Waals surface area (Å²) in [6.45, 7) is -0.372. The van der Waals surface area contributed by atoms with Gasteiger partial charge < -0.3 is 14.8 Å². The number of rotatable bonds is 9. The molecule has 0 radical (unpaired) electrons. The minimum Gasteiger partial charge on any atom is -0.493 e. The summed E-state index contributed by atoms with van der Waals surface area (Å²) in [6, 6.07) is 12.9. The molecule has 13 heteroatoms. The molecule has 3 aromatic carbocycles. The maximum atomic E-state index is 12.2. The number of nitrogens with one attached hydrogen (secondary N) is 2. The van der Waals surface area contributed by atoms with Crippen molar-refractivity contribution in [2.24, 2.45) is 5.10 Å². The van der Waals surface area contributed by atoms with Crippen LogP contribution in [0.5, 0.6) is 11.5 Å². The van der Waals surface area contributed by atoms with Gasteiger partial charge in [0.15, 0.2) is 18.1 Å². The van der Waals surface area contributed by atoms with E-state index in [4.69, 9.17) is 44.3 Å². The highest BCUT2D eigenvalue weighted by Gasteiger charge is 2.15. The molecule has 0 atom stereocenters. The van der Waals surface area contributed by atoms with E-state index in [0.29, 0.717) is 21.3 Å². The van der Waals surface area contributed by atoms with Crippen molar-refractivity contribution < 1.29 is 24.0 Å². The third kappa shape index (κ3) is 7.08. The van der Waals surface area contributed by atoms with Gasteiger partial charge in [0.25, 0.3) is 17.5 Å². The smallest absolute Gasteiger partial charge is 0.271 e. The SMILES string of the molecule is COc1cc(/C=N/NC(=O)c2cccc([N+](=O)[O-])c2)cc(Cl)c1OCC(=O)Nc1ccc(Cl)c(Cl)c1. The summed E-state index contributed by atoms with van der Waals surface area (Å²) in [5.41, 5.74) is 3.02. The summed E-state index contributed by atoms with van der Waals surface area (Å²) < 4.78 is 10.8. The summed E-state index contributed by atoms with van der Waals surface area (Å²) in [6.07, 6.45) is 1.30. The Morgan fingerprint density at radius 1 is 1.06 bits per heavy atom. The third-order valence-electron chi connectivity index (χ3n) is 4.50. The number of halogens is 3. The number of hydrazone groups is 1. The molecule has 0 aliphatic carbocycles. The number of carbonyl (C=O) groups is 2. The Bertz CT molecular complexity index is 1350. The normalized spacial score (nSPS) is 10.7. The van der Waals surface area contributed by atoms with Gasteiger partial charge in [-0.15, -0.1) is 0 Å². The second-order valence-corrected chi connectivity index (χ2v) is 8.23. The second kappa shape index (κ2) is 12.2. The highest BCUT2D eigenvalue weighted by atomic mass is 35.5. The molecule has 0 spiro atoms. The van der Waals surface area contributed by atoms with Crippen LogP contribution < -0.4 is 20.2 Å². The van der Waals surface area contributed by atoms with Gasteiger partial charge in [-0.1, -0.05) is 40.9 Å². The fourth-order valence-electron chi connectivity index (χ4n) is 2.85. The van der Waals surface area contributed by atoms with Crippen LogP contribution in [0, 0.1) is 10.1 Å². The van der Waals surface area contributed by atoms with Crippen LogP contribution >= 0.6 is 34.8 Å². The Balaban J connectivity index is 1.64. The van der Waals surface area contributed by atoms with Crippen molar-refractivity contribution in [1.82, 2.24) is 5.43 Å². The average molecular weight is 552 g/mol. The third-order valence-corrected chi connectivity index (χ3v) is 5.52. The molecule has 3 aromatic rings. The van der Waals surface area contributed by atoms with E-state index < -0.39 is 16.7 Å². The zero-order chi connectivity index (χ0) is 26.2. The number of hydrogen-bond donors (Lipinski definition) is 2. The van der Waals surface area contributed by atoms with Crippen LogP contribution in [0.1, 0.15) is 15.9 Å². The summed E-state index contributed by atoms with van der Waals surface area (Å²) in [5, 5.41) is 18.1. The highest BCUT2D eigenvalue weighted by molar-refractivity contribution is 6.42. The molecular formula is C23H17Cl3N4O6. The van der Waals surface area contributed by atoms with E-state index >= 15 is 0 Å². The lowest BCUT2D eigenvalue weighted by Crippen LogP contribution is -2.20. The molecule has 0 unspecified atom stereocenters. The molecule has 0 heterocycles. The number of carbonyl (C=O) groups excluding carboxylic acids is 2. The first-order valence-corrected chi connectivity index (χ1v) is 11.1. The van der Waals surface area contributed by atoms with Gasteiger partial charge in [0, 0.05) is 23.4 Å². The Morgan fingerprint density at radius 3 is 2.53 bits per heavy atom. The highest BCUT2D eigenvalue weighted by Crippen LogP contribution is 2.36. The van der Waals surface area contributed by atoms with Crippen LogP contribution in [0.4, 0.5) is 11.4 Å². The maximum Gasteiger partial charge on any atom is 0.271 e. The lowest BCUT2D eigenvalue weighted by Gasteiger charge is -2.13. The van der Waals surface area contributed by atoms with E-state index in [0.717, 1.165) is 6.07 Å². The quantitative estimate of drug-likeness (QED) is 0.209. The van der Waals surface area contributed by atoms with Crippen LogP contribution in [-0.2, 0) is 4.79 Å². The number of nitro groups is 1. The molecule has 0 aromatic heterocycles. The lowest BCUT2D eigenvalue weighted by molar-refractivity contribution is -0.384.